The first-order valence-corrected chi connectivity index (χ1v) is 12.8. The molecule has 0 saturated heterocycles. The lowest BCUT2D eigenvalue weighted by Crippen LogP contribution is -2.13. The van der Waals surface area contributed by atoms with E-state index >= 15 is 0 Å². The molecule has 0 fully saturated rings. The normalized spacial score (nSPS) is 11.7. The van der Waals surface area contributed by atoms with Gasteiger partial charge in [0, 0.05) is 41.9 Å². The van der Waals surface area contributed by atoms with Gasteiger partial charge in [-0.25, -0.2) is 13.8 Å². The van der Waals surface area contributed by atoms with Crippen LogP contribution in [0.3, 0.4) is 0 Å². The molecule has 0 aliphatic heterocycles. The van der Waals surface area contributed by atoms with Crippen molar-refractivity contribution in [1.29, 1.82) is 0 Å². The Kier molecular flexibility index (Phi) is 7.01. The molecular weight excluding hydrogens is 545 g/mol. The van der Waals surface area contributed by atoms with Gasteiger partial charge in [-0.1, -0.05) is 23.7 Å². The van der Waals surface area contributed by atoms with Gasteiger partial charge >= 0.3 is 0 Å². The molecule has 6 nitrogen and oxygen atoms in total. The van der Waals surface area contributed by atoms with Crippen LogP contribution in [0.2, 0.25) is 5.02 Å². The number of benzene rings is 2. The number of carbonyl (C=O) groups excluding carboxylic acids is 2. The third-order valence-corrected chi connectivity index (χ3v) is 7.19. The van der Waals surface area contributed by atoms with Crippen LogP contribution in [0.5, 0.6) is 0 Å². The predicted molar refractivity (Wildman–Crippen MR) is 150 cm³/mol. The van der Waals surface area contributed by atoms with Gasteiger partial charge in [0.25, 0.3) is 0 Å². The predicted octanol–water partition coefficient (Wildman–Crippen LogP) is 7.01. The summed E-state index contributed by atoms with van der Waals surface area (Å²) in [4.78, 5) is 29.8. The van der Waals surface area contributed by atoms with E-state index in [2.05, 4.69) is 10.3 Å². The second-order valence-corrected chi connectivity index (χ2v) is 9.74. The fourth-order valence-corrected chi connectivity index (χ4v) is 5.16. The van der Waals surface area contributed by atoms with Crippen molar-refractivity contribution in [1.82, 2.24) is 14.0 Å². The maximum absolute atomic E-state index is 14.8. The molecule has 1 amide bonds. The second-order valence-electron chi connectivity index (χ2n) is 9.05. The van der Waals surface area contributed by atoms with Gasteiger partial charge in [-0.3, -0.25) is 9.59 Å². The summed E-state index contributed by atoms with van der Waals surface area (Å²) in [6, 6.07) is 10.8. The number of carbonyl (C=O) groups is 2. The Labute approximate surface area is 232 Å². The lowest BCUT2D eigenvalue weighted by Gasteiger charge is -2.13. The number of nitrogens with zero attached hydrogens (tertiary/aromatic N) is 3. The molecule has 2 aromatic carbocycles. The molecule has 0 atom stereocenters. The number of hydrogen-bond donors (Lipinski definition) is 1. The third kappa shape index (κ3) is 4.60. The number of imidazole rings is 1. The Morgan fingerprint density at radius 2 is 1.79 bits per heavy atom. The molecule has 0 aliphatic carbocycles. The first-order chi connectivity index (χ1) is 18.6. The number of aromatic nitrogens is 3. The molecule has 198 valence electrons. The van der Waals surface area contributed by atoms with E-state index in [0.717, 1.165) is 46.2 Å². The minimum atomic E-state index is -1.08. The quantitative estimate of drug-likeness (QED) is 0.136. The van der Waals surface area contributed by atoms with Crippen LogP contribution < -0.4 is 5.32 Å². The number of halogens is 4. The first kappa shape index (κ1) is 26.6. The largest absolute Gasteiger partial charge is 0.331 e. The van der Waals surface area contributed by atoms with E-state index in [1.165, 1.54) is 6.08 Å². The third-order valence-electron chi connectivity index (χ3n) is 6.64. The van der Waals surface area contributed by atoms with Crippen LogP contribution in [0.4, 0.5) is 14.5 Å². The number of fused-ring (bicyclic) bond motifs is 2. The monoisotopic (exact) mass is 566 g/mol. The highest BCUT2D eigenvalue weighted by Gasteiger charge is 2.22. The zero-order valence-corrected chi connectivity index (χ0v) is 22.7. The molecule has 0 unspecified atom stereocenters. The van der Waals surface area contributed by atoms with Crippen molar-refractivity contribution < 1.29 is 18.4 Å². The molecule has 3 heterocycles. The molecule has 10 heteroatoms. The van der Waals surface area contributed by atoms with Crippen molar-refractivity contribution in [2.45, 2.75) is 13.8 Å². The molecule has 0 aliphatic rings. The highest BCUT2D eigenvalue weighted by atomic mass is 35.5. The lowest BCUT2D eigenvalue weighted by atomic mass is 9.99. The molecule has 0 spiro atoms. The number of ketones is 1. The fraction of sp³-hybridized carbons (Fsp3) is 0.138. The van der Waals surface area contributed by atoms with E-state index in [-0.39, 0.29) is 17.1 Å². The summed E-state index contributed by atoms with van der Waals surface area (Å²) in [6.45, 7) is 3.86. The SMILES string of the molecule is Cc1cc2c(nc(C)n2C)c(Cl)c1-c1cccn2c(C(=O)c3cc(F)c(NC(=O)/C=C/CCl)c(F)c3)ccc12. The minimum absolute atomic E-state index is 0.0714. The van der Waals surface area contributed by atoms with Gasteiger partial charge in [-0.15, -0.1) is 11.6 Å². The Hall–Kier alpha value is -4.01. The van der Waals surface area contributed by atoms with E-state index in [9.17, 15) is 18.4 Å². The molecular formula is C29H22Cl2F2N4O2. The van der Waals surface area contributed by atoms with Crippen molar-refractivity contribution in [3.8, 4) is 11.1 Å². The summed E-state index contributed by atoms with van der Waals surface area (Å²) in [6.07, 6.45) is 4.10. The minimum Gasteiger partial charge on any atom is -0.331 e. The van der Waals surface area contributed by atoms with Gasteiger partial charge in [0.05, 0.1) is 21.7 Å². The van der Waals surface area contributed by atoms with Crippen molar-refractivity contribution in [3.05, 3.63) is 100 Å². The molecule has 3 aromatic heterocycles. The van der Waals surface area contributed by atoms with Crippen molar-refractivity contribution in [3.63, 3.8) is 0 Å². The van der Waals surface area contributed by atoms with Gasteiger partial charge < -0.3 is 14.3 Å². The smallest absolute Gasteiger partial charge is 0.248 e. The molecule has 0 radical (unpaired) electrons. The van der Waals surface area contributed by atoms with Gasteiger partial charge in [0.2, 0.25) is 11.7 Å². The van der Waals surface area contributed by atoms with Crippen LogP contribution in [0.15, 0.2) is 60.8 Å². The van der Waals surface area contributed by atoms with Gasteiger partial charge in [0.1, 0.15) is 28.7 Å². The van der Waals surface area contributed by atoms with Gasteiger partial charge in [0.15, 0.2) is 0 Å². The van der Waals surface area contributed by atoms with E-state index in [1.54, 1.807) is 28.8 Å². The molecule has 5 aromatic rings. The fourth-order valence-electron chi connectivity index (χ4n) is 4.68. The summed E-state index contributed by atoms with van der Waals surface area (Å²) in [5.41, 5.74) is 4.13. The Morgan fingerprint density at radius 1 is 1.08 bits per heavy atom. The number of nitrogens with one attached hydrogen (secondary N) is 1. The average Bonchev–Trinajstić information content (AvgIpc) is 3.46. The number of aryl methyl sites for hydroxylation is 3. The van der Waals surface area contributed by atoms with E-state index < -0.39 is 29.0 Å². The van der Waals surface area contributed by atoms with E-state index in [1.807, 2.05) is 37.6 Å². The summed E-state index contributed by atoms with van der Waals surface area (Å²) in [5.74, 6) is -2.59. The summed E-state index contributed by atoms with van der Waals surface area (Å²) in [5, 5.41) is 2.63. The molecule has 0 bridgehead atoms. The molecule has 39 heavy (non-hydrogen) atoms. The molecule has 5 rings (SSSR count). The zero-order valence-electron chi connectivity index (χ0n) is 21.2. The van der Waals surface area contributed by atoms with Crippen LogP contribution in [-0.4, -0.2) is 31.5 Å². The average molecular weight is 567 g/mol. The van der Waals surface area contributed by atoms with Crippen LogP contribution in [0.1, 0.15) is 27.4 Å². The number of pyridine rings is 1. The summed E-state index contributed by atoms with van der Waals surface area (Å²) >= 11 is 12.4. The van der Waals surface area contributed by atoms with Crippen LogP contribution in [-0.2, 0) is 11.8 Å². The number of allylic oxidation sites excluding steroid dienone is 1. The van der Waals surface area contributed by atoms with Crippen LogP contribution in [0, 0.1) is 25.5 Å². The topological polar surface area (TPSA) is 68.4 Å². The Bertz CT molecular complexity index is 1820. The molecule has 1 N–H and O–H groups in total. The van der Waals surface area contributed by atoms with Crippen molar-refractivity contribution >= 4 is 57.1 Å². The summed E-state index contributed by atoms with van der Waals surface area (Å²) in [7, 11) is 1.93. The van der Waals surface area contributed by atoms with Gasteiger partial charge in [-0.2, -0.15) is 0 Å². The van der Waals surface area contributed by atoms with Crippen LogP contribution in [0.25, 0.3) is 27.7 Å². The summed E-state index contributed by atoms with van der Waals surface area (Å²) < 4.78 is 33.1. The van der Waals surface area contributed by atoms with Crippen LogP contribution >= 0.6 is 23.2 Å². The van der Waals surface area contributed by atoms with Crippen molar-refractivity contribution in [2.24, 2.45) is 7.05 Å². The maximum atomic E-state index is 14.8. The highest BCUT2D eigenvalue weighted by molar-refractivity contribution is 6.38. The number of alkyl halides is 1. The van der Waals surface area contributed by atoms with Crippen molar-refractivity contribution in [2.75, 3.05) is 11.2 Å². The Balaban J connectivity index is 1.56. The van der Waals surface area contributed by atoms with E-state index in [0.29, 0.717) is 16.1 Å². The number of anilines is 1. The second kappa shape index (κ2) is 10.3. The van der Waals surface area contributed by atoms with Gasteiger partial charge in [-0.05, 0) is 55.8 Å². The maximum Gasteiger partial charge on any atom is 0.248 e. The molecule has 0 saturated carbocycles. The first-order valence-electron chi connectivity index (χ1n) is 11.9. The van der Waals surface area contributed by atoms with E-state index in [4.69, 9.17) is 23.2 Å². The number of amides is 1. The standard InChI is InChI=1S/C29H22Cl2F2N4O2/c1-15-12-23-28(34-16(2)36(23)3)26(31)25(15)18-6-5-11-37-21(18)8-9-22(37)29(39)17-13-19(32)27(20(33)14-17)35-24(38)7-4-10-30/h4-9,11-14H,10H2,1-3H3,(H,35,38)/b7-4+. The number of rotatable bonds is 6. The lowest BCUT2D eigenvalue weighted by molar-refractivity contribution is -0.112. The highest BCUT2D eigenvalue weighted by Crippen LogP contribution is 2.39. The Morgan fingerprint density at radius 3 is 2.49 bits per heavy atom. The number of hydrogen-bond acceptors (Lipinski definition) is 3. The zero-order chi connectivity index (χ0) is 28.0.